The lowest BCUT2D eigenvalue weighted by molar-refractivity contribution is 0.423. The molecule has 0 radical (unpaired) electrons. The van der Waals surface area contributed by atoms with Crippen molar-refractivity contribution in [2.45, 2.75) is 48.9 Å². The van der Waals surface area contributed by atoms with Crippen LogP contribution < -0.4 is 0 Å². The fraction of sp³-hybridized carbons (Fsp3) is 0.318. The first-order chi connectivity index (χ1) is 14.2. The number of hydrogen-bond donors (Lipinski definition) is 0. The molecule has 1 aliphatic carbocycles. The molecule has 0 atom stereocenters. The molecule has 7 heteroatoms. The summed E-state index contributed by atoms with van der Waals surface area (Å²) in [6.45, 7) is 0. The summed E-state index contributed by atoms with van der Waals surface area (Å²) in [5.74, 6) is 2.11. The first kappa shape index (κ1) is 20.3. The number of nitriles is 1. The van der Waals surface area contributed by atoms with Crippen LogP contribution in [0.3, 0.4) is 0 Å². The van der Waals surface area contributed by atoms with E-state index in [1.54, 1.807) is 11.8 Å². The minimum atomic E-state index is 0.405. The van der Waals surface area contributed by atoms with Gasteiger partial charge in [-0.25, -0.2) is 0 Å². The van der Waals surface area contributed by atoms with Crippen molar-refractivity contribution in [1.82, 2.24) is 14.8 Å². The third-order valence-electron chi connectivity index (χ3n) is 5.21. The Morgan fingerprint density at radius 1 is 1.03 bits per heavy atom. The van der Waals surface area contributed by atoms with Crippen LogP contribution in [0.4, 0.5) is 0 Å². The van der Waals surface area contributed by atoms with Gasteiger partial charge < -0.3 is 0 Å². The summed E-state index contributed by atoms with van der Waals surface area (Å²) < 4.78 is 2.12. The number of hydrogen-bond acceptors (Lipinski definition) is 4. The Bertz CT molecular complexity index is 1050. The van der Waals surface area contributed by atoms with Gasteiger partial charge in [0.05, 0.1) is 27.4 Å². The summed E-state index contributed by atoms with van der Waals surface area (Å²) in [6.07, 6.45) is 6.00. The van der Waals surface area contributed by atoms with Crippen LogP contribution in [-0.4, -0.2) is 14.8 Å². The van der Waals surface area contributed by atoms with Crippen LogP contribution in [0.5, 0.6) is 0 Å². The Hall–Kier alpha value is -2.00. The number of benzene rings is 2. The Labute approximate surface area is 184 Å². The van der Waals surface area contributed by atoms with E-state index in [1.807, 2.05) is 42.5 Å². The number of nitrogens with zero attached hydrogens (tertiary/aromatic N) is 4. The Morgan fingerprint density at radius 3 is 2.62 bits per heavy atom. The summed E-state index contributed by atoms with van der Waals surface area (Å²) in [5, 5.41) is 20.1. The predicted molar refractivity (Wildman–Crippen MR) is 118 cm³/mol. The second-order valence-corrected chi connectivity index (χ2v) is 8.97. The maximum atomic E-state index is 9.13. The van der Waals surface area contributed by atoms with Crippen molar-refractivity contribution in [3.05, 3.63) is 69.5 Å². The molecule has 0 bridgehead atoms. The van der Waals surface area contributed by atoms with Crippen molar-refractivity contribution in [1.29, 1.82) is 5.26 Å². The quantitative estimate of drug-likeness (QED) is 0.408. The molecule has 0 aliphatic heterocycles. The molecule has 148 valence electrons. The molecule has 0 amide bonds. The van der Waals surface area contributed by atoms with Gasteiger partial charge in [0, 0.05) is 11.7 Å². The predicted octanol–water partition coefficient (Wildman–Crippen LogP) is 6.79. The Balaban J connectivity index is 1.68. The topological polar surface area (TPSA) is 54.5 Å². The van der Waals surface area contributed by atoms with Crippen LogP contribution in [-0.2, 0) is 5.75 Å². The molecule has 4 nitrogen and oxygen atoms in total. The van der Waals surface area contributed by atoms with E-state index >= 15 is 0 Å². The van der Waals surface area contributed by atoms with Gasteiger partial charge in [-0.15, -0.1) is 10.2 Å². The third-order valence-corrected chi connectivity index (χ3v) is 6.95. The Morgan fingerprint density at radius 2 is 1.86 bits per heavy atom. The van der Waals surface area contributed by atoms with Crippen LogP contribution >= 0.6 is 35.0 Å². The standard InChI is InChI=1S/C22H20Cl2N4S/c23-19-10-9-18(12-20(19)24)28-21(17-7-2-1-3-8-17)26-27-22(28)29-14-16-6-4-5-15(11-16)13-25/h4-6,9-12,17H,1-3,7-8,14H2. The summed E-state index contributed by atoms with van der Waals surface area (Å²) >= 11 is 14.1. The van der Waals surface area contributed by atoms with E-state index in [9.17, 15) is 0 Å². The van der Waals surface area contributed by atoms with Crippen molar-refractivity contribution >= 4 is 35.0 Å². The molecule has 0 unspecified atom stereocenters. The highest BCUT2D eigenvalue weighted by atomic mass is 35.5. The molecule has 4 rings (SSSR count). The molecule has 1 aliphatic rings. The molecule has 2 aromatic carbocycles. The zero-order valence-electron chi connectivity index (χ0n) is 15.8. The second kappa shape index (κ2) is 9.21. The van der Waals surface area contributed by atoms with Gasteiger partial charge in [0.15, 0.2) is 5.16 Å². The van der Waals surface area contributed by atoms with Crippen LogP contribution in [0.1, 0.15) is 55.0 Å². The van der Waals surface area contributed by atoms with E-state index in [0.29, 0.717) is 27.3 Å². The summed E-state index contributed by atoms with van der Waals surface area (Å²) in [4.78, 5) is 0. The first-order valence-corrected chi connectivity index (χ1v) is 11.4. The van der Waals surface area contributed by atoms with Gasteiger partial charge in [0.1, 0.15) is 5.82 Å². The van der Waals surface area contributed by atoms with Gasteiger partial charge in [-0.2, -0.15) is 5.26 Å². The van der Waals surface area contributed by atoms with Crippen LogP contribution in [0.25, 0.3) is 5.69 Å². The molecule has 1 saturated carbocycles. The van der Waals surface area contributed by atoms with Gasteiger partial charge in [-0.05, 0) is 48.7 Å². The van der Waals surface area contributed by atoms with Crippen LogP contribution in [0, 0.1) is 11.3 Å². The average molecular weight is 443 g/mol. The molecule has 3 aromatic rings. The smallest absolute Gasteiger partial charge is 0.196 e. The highest BCUT2D eigenvalue weighted by Gasteiger charge is 2.24. The fourth-order valence-corrected chi connectivity index (χ4v) is 4.94. The molecule has 0 spiro atoms. The van der Waals surface area contributed by atoms with E-state index in [-0.39, 0.29) is 0 Å². The lowest BCUT2D eigenvalue weighted by Gasteiger charge is -2.22. The molecule has 1 heterocycles. The van der Waals surface area contributed by atoms with E-state index < -0.39 is 0 Å². The molecule has 1 fully saturated rings. The normalized spacial score (nSPS) is 14.7. The number of aromatic nitrogens is 3. The summed E-state index contributed by atoms with van der Waals surface area (Å²) in [7, 11) is 0. The number of halogens is 2. The molecule has 0 N–H and O–H groups in total. The molecule has 29 heavy (non-hydrogen) atoms. The van der Waals surface area contributed by atoms with Crippen molar-refractivity contribution < 1.29 is 0 Å². The first-order valence-electron chi connectivity index (χ1n) is 9.68. The molecule has 0 saturated heterocycles. The highest BCUT2D eigenvalue weighted by Crippen LogP contribution is 2.36. The second-order valence-electron chi connectivity index (χ2n) is 7.21. The number of thioether (sulfide) groups is 1. The van der Waals surface area contributed by atoms with Crippen molar-refractivity contribution in [2.75, 3.05) is 0 Å². The van der Waals surface area contributed by atoms with E-state index in [1.165, 1.54) is 19.3 Å². The largest absolute Gasteiger partial charge is 0.274 e. The fourth-order valence-electron chi connectivity index (χ4n) is 3.75. The SMILES string of the molecule is N#Cc1cccc(CSc2nnc(C3CCCCC3)n2-c2ccc(Cl)c(Cl)c2)c1. The lowest BCUT2D eigenvalue weighted by Crippen LogP contribution is -2.12. The summed E-state index contributed by atoms with van der Waals surface area (Å²) in [6, 6.07) is 15.5. The van der Waals surface area contributed by atoms with Crippen molar-refractivity contribution in [3.8, 4) is 11.8 Å². The third kappa shape index (κ3) is 4.61. The van der Waals surface area contributed by atoms with Crippen LogP contribution in [0.15, 0.2) is 47.6 Å². The molecular weight excluding hydrogens is 423 g/mol. The number of rotatable bonds is 5. The van der Waals surface area contributed by atoms with E-state index in [0.717, 1.165) is 35.1 Å². The average Bonchev–Trinajstić information content (AvgIpc) is 3.19. The lowest BCUT2D eigenvalue weighted by atomic mass is 9.88. The molecule has 1 aromatic heterocycles. The molecular formula is C22H20Cl2N4S. The minimum absolute atomic E-state index is 0.405. The van der Waals surface area contributed by atoms with Gasteiger partial charge in [-0.1, -0.05) is 66.4 Å². The minimum Gasteiger partial charge on any atom is -0.274 e. The zero-order chi connectivity index (χ0) is 20.2. The van der Waals surface area contributed by atoms with Gasteiger partial charge >= 0.3 is 0 Å². The maximum Gasteiger partial charge on any atom is 0.196 e. The van der Waals surface area contributed by atoms with E-state index in [4.69, 9.17) is 28.5 Å². The van der Waals surface area contributed by atoms with E-state index in [2.05, 4.69) is 20.8 Å². The van der Waals surface area contributed by atoms with Gasteiger partial charge in [0.25, 0.3) is 0 Å². The van der Waals surface area contributed by atoms with Gasteiger partial charge in [0.2, 0.25) is 0 Å². The van der Waals surface area contributed by atoms with Crippen molar-refractivity contribution in [3.63, 3.8) is 0 Å². The van der Waals surface area contributed by atoms with Crippen molar-refractivity contribution in [2.24, 2.45) is 0 Å². The van der Waals surface area contributed by atoms with Gasteiger partial charge in [-0.3, -0.25) is 4.57 Å². The Kier molecular flexibility index (Phi) is 6.44. The maximum absolute atomic E-state index is 9.13. The van der Waals surface area contributed by atoms with Crippen LogP contribution in [0.2, 0.25) is 10.0 Å². The monoisotopic (exact) mass is 442 g/mol. The zero-order valence-corrected chi connectivity index (χ0v) is 18.1. The highest BCUT2D eigenvalue weighted by molar-refractivity contribution is 7.98. The summed E-state index contributed by atoms with van der Waals surface area (Å²) in [5.41, 5.74) is 2.67.